The molecule has 3 atom stereocenters. The minimum absolute atomic E-state index is 0.629. The van der Waals surface area contributed by atoms with Crippen LogP contribution in [0.4, 0.5) is 0 Å². The summed E-state index contributed by atoms with van der Waals surface area (Å²) in [5.74, 6) is 2.95. The van der Waals surface area contributed by atoms with E-state index >= 15 is 0 Å². The Morgan fingerprint density at radius 3 is 2.42 bits per heavy atom. The number of ether oxygens (including phenoxy) is 1. The van der Waals surface area contributed by atoms with E-state index in [2.05, 4.69) is 32.6 Å². The van der Waals surface area contributed by atoms with Crippen LogP contribution in [0.25, 0.3) is 0 Å². The van der Waals surface area contributed by atoms with Crippen LogP contribution in [0.15, 0.2) is 0 Å². The number of rotatable bonds is 8. The summed E-state index contributed by atoms with van der Waals surface area (Å²) in [6.07, 6.45) is 5.71. The summed E-state index contributed by atoms with van der Waals surface area (Å²) in [5, 5.41) is 0. The number of hydrogen-bond acceptors (Lipinski definition) is 2. The summed E-state index contributed by atoms with van der Waals surface area (Å²) in [6, 6.07) is 0. The normalized spacial score (nSPS) is 32.4. The molecule has 3 fully saturated rings. The van der Waals surface area contributed by atoms with Crippen LogP contribution in [0.1, 0.15) is 53.4 Å². The van der Waals surface area contributed by atoms with Crippen LogP contribution in [-0.4, -0.2) is 37.7 Å². The van der Waals surface area contributed by atoms with Crippen molar-refractivity contribution in [2.75, 3.05) is 32.8 Å². The van der Waals surface area contributed by atoms with E-state index in [0.717, 1.165) is 50.6 Å². The summed E-state index contributed by atoms with van der Waals surface area (Å²) in [5.41, 5.74) is 0.629. The van der Waals surface area contributed by atoms with E-state index in [4.69, 9.17) is 4.74 Å². The van der Waals surface area contributed by atoms with Gasteiger partial charge in [0.05, 0.1) is 6.61 Å². The van der Waals surface area contributed by atoms with Gasteiger partial charge >= 0.3 is 0 Å². The molecule has 3 saturated carbocycles. The molecule has 0 spiro atoms. The van der Waals surface area contributed by atoms with Crippen LogP contribution in [0.3, 0.4) is 0 Å². The summed E-state index contributed by atoms with van der Waals surface area (Å²) < 4.78 is 5.86. The summed E-state index contributed by atoms with van der Waals surface area (Å²) in [6.45, 7) is 14.7. The van der Waals surface area contributed by atoms with Gasteiger partial charge in [-0.25, -0.2) is 0 Å². The summed E-state index contributed by atoms with van der Waals surface area (Å²) >= 11 is 0. The Labute approximate surface area is 119 Å². The molecule has 2 heteroatoms. The van der Waals surface area contributed by atoms with Crippen molar-refractivity contribution >= 4 is 0 Å². The quantitative estimate of drug-likeness (QED) is 0.620. The highest BCUT2D eigenvalue weighted by molar-refractivity contribution is 5.03. The molecule has 19 heavy (non-hydrogen) atoms. The van der Waals surface area contributed by atoms with E-state index in [1.54, 1.807) is 0 Å². The van der Waals surface area contributed by atoms with Gasteiger partial charge in [0.2, 0.25) is 0 Å². The number of hydrogen-bond donors (Lipinski definition) is 0. The Hall–Kier alpha value is -0.0800. The minimum atomic E-state index is 0.629. The van der Waals surface area contributed by atoms with Gasteiger partial charge in [-0.2, -0.15) is 0 Å². The van der Waals surface area contributed by atoms with Gasteiger partial charge in [0.1, 0.15) is 0 Å². The van der Waals surface area contributed by atoms with E-state index in [1.807, 2.05) is 0 Å². The Kier molecular flexibility index (Phi) is 5.30. The molecular formula is C17H33NO. The number of nitrogens with zero attached hydrogens (tertiary/aromatic N) is 1. The molecule has 112 valence electrons. The van der Waals surface area contributed by atoms with Crippen LogP contribution in [0.2, 0.25) is 0 Å². The molecule has 0 aromatic carbocycles. The number of fused-ring (bicyclic) bond motifs is 2. The third-order valence-electron chi connectivity index (χ3n) is 6.08. The van der Waals surface area contributed by atoms with E-state index in [1.165, 1.54) is 25.7 Å². The second kappa shape index (κ2) is 6.58. The first kappa shape index (κ1) is 15.3. The van der Waals surface area contributed by atoms with Gasteiger partial charge in [-0.05, 0) is 61.9 Å². The second-order valence-corrected chi connectivity index (χ2v) is 7.13. The van der Waals surface area contributed by atoms with Crippen molar-refractivity contribution in [3.8, 4) is 0 Å². The first-order valence-corrected chi connectivity index (χ1v) is 8.39. The summed E-state index contributed by atoms with van der Waals surface area (Å²) in [4.78, 5) is 2.43. The third kappa shape index (κ3) is 3.33. The molecule has 0 heterocycles. The van der Waals surface area contributed by atoms with E-state index in [-0.39, 0.29) is 0 Å². The largest absolute Gasteiger partial charge is 0.380 e. The van der Waals surface area contributed by atoms with Crippen molar-refractivity contribution < 1.29 is 4.74 Å². The molecule has 0 saturated heterocycles. The van der Waals surface area contributed by atoms with Crippen LogP contribution in [-0.2, 0) is 4.74 Å². The Bertz CT molecular complexity index is 270. The SMILES string of the molecule is CCN(CC)CCOCCC1CCC2CC1C2(C)C. The highest BCUT2D eigenvalue weighted by Gasteiger charge is 2.53. The van der Waals surface area contributed by atoms with Gasteiger partial charge in [-0.15, -0.1) is 0 Å². The molecule has 3 aliphatic carbocycles. The molecule has 3 aliphatic rings. The van der Waals surface area contributed by atoms with Crippen molar-refractivity contribution in [2.45, 2.75) is 53.4 Å². The molecule has 0 aromatic rings. The minimum Gasteiger partial charge on any atom is -0.380 e. The fourth-order valence-corrected chi connectivity index (χ4v) is 4.38. The maximum absolute atomic E-state index is 5.86. The fourth-order valence-electron chi connectivity index (χ4n) is 4.38. The van der Waals surface area contributed by atoms with Crippen LogP contribution < -0.4 is 0 Å². The molecule has 2 bridgehead atoms. The lowest BCUT2D eigenvalue weighted by atomic mass is 9.45. The van der Waals surface area contributed by atoms with Crippen molar-refractivity contribution in [3.05, 3.63) is 0 Å². The average Bonchev–Trinajstić information content (AvgIpc) is 2.43. The zero-order chi connectivity index (χ0) is 13.9. The molecular weight excluding hydrogens is 234 g/mol. The third-order valence-corrected chi connectivity index (χ3v) is 6.08. The van der Waals surface area contributed by atoms with Crippen LogP contribution in [0, 0.1) is 23.2 Å². The molecule has 0 amide bonds. The Morgan fingerprint density at radius 1 is 1.11 bits per heavy atom. The Morgan fingerprint density at radius 2 is 1.84 bits per heavy atom. The highest BCUT2D eigenvalue weighted by Crippen LogP contribution is 2.61. The lowest BCUT2D eigenvalue weighted by Crippen LogP contribution is -2.52. The van der Waals surface area contributed by atoms with Crippen molar-refractivity contribution in [3.63, 3.8) is 0 Å². The average molecular weight is 267 g/mol. The van der Waals surface area contributed by atoms with Gasteiger partial charge in [-0.1, -0.05) is 27.7 Å². The van der Waals surface area contributed by atoms with Crippen LogP contribution >= 0.6 is 0 Å². The van der Waals surface area contributed by atoms with E-state index in [0.29, 0.717) is 5.41 Å². The van der Waals surface area contributed by atoms with Gasteiger partial charge < -0.3 is 9.64 Å². The molecule has 3 rings (SSSR count). The fraction of sp³-hybridized carbons (Fsp3) is 1.00. The predicted molar refractivity (Wildman–Crippen MR) is 81.3 cm³/mol. The zero-order valence-corrected chi connectivity index (χ0v) is 13.5. The monoisotopic (exact) mass is 267 g/mol. The highest BCUT2D eigenvalue weighted by atomic mass is 16.5. The maximum Gasteiger partial charge on any atom is 0.0593 e. The lowest BCUT2D eigenvalue weighted by Gasteiger charge is -2.60. The topological polar surface area (TPSA) is 12.5 Å². The standard InChI is InChI=1S/C17H33NO/c1-5-18(6-2)10-12-19-11-9-14-7-8-15-13-16(14)17(15,3)4/h14-16H,5-13H2,1-4H3. The molecule has 0 aliphatic heterocycles. The van der Waals surface area contributed by atoms with Crippen molar-refractivity contribution in [1.82, 2.24) is 4.90 Å². The van der Waals surface area contributed by atoms with Gasteiger partial charge in [0, 0.05) is 13.2 Å². The predicted octanol–water partition coefficient (Wildman–Crippen LogP) is 3.81. The molecule has 0 radical (unpaired) electrons. The Balaban J connectivity index is 1.59. The van der Waals surface area contributed by atoms with E-state index in [9.17, 15) is 0 Å². The second-order valence-electron chi connectivity index (χ2n) is 7.13. The summed E-state index contributed by atoms with van der Waals surface area (Å²) in [7, 11) is 0. The molecule has 3 unspecified atom stereocenters. The molecule has 2 nitrogen and oxygen atoms in total. The van der Waals surface area contributed by atoms with Crippen molar-refractivity contribution in [1.29, 1.82) is 0 Å². The first-order chi connectivity index (χ1) is 9.09. The van der Waals surface area contributed by atoms with Crippen LogP contribution in [0.5, 0.6) is 0 Å². The molecule has 0 N–H and O–H groups in total. The smallest absolute Gasteiger partial charge is 0.0593 e. The zero-order valence-electron chi connectivity index (χ0n) is 13.5. The van der Waals surface area contributed by atoms with Crippen molar-refractivity contribution in [2.24, 2.45) is 23.2 Å². The van der Waals surface area contributed by atoms with Gasteiger partial charge in [0.15, 0.2) is 0 Å². The maximum atomic E-state index is 5.86. The number of likely N-dealkylation sites (N-methyl/N-ethyl adjacent to an activating group) is 1. The first-order valence-electron chi connectivity index (χ1n) is 8.39. The lowest BCUT2D eigenvalue weighted by molar-refractivity contribution is -0.111. The van der Waals surface area contributed by atoms with E-state index < -0.39 is 0 Å². The van der Waals surface area contributed by atoms with Gasteiger partial charge in [-0.3, -0.25) is 0 Å². The molecule has 0 aromatic heterocycles. The van der Waals surface area contributed by atoms with Gasteiger partial charge in [0.25, 0.3) is 0 Å².